The molecule has 42 heavy (non-hydrogen) atoms. The highest BCUT2D eigenvalue weighted by atomic mass is 28.4. The molecule has 4 atom stereocenters. The highest BCUT2D eigenvalue weighted by Crippen LogP contribution is 2.58. The van der Waals surface area contributed by atoms with Crippen LogP contribution in [0.3, 0.4) is 0 Å². The van der Waals surface area contributed by atoms with Crippen molar-refractivity contribution in [3.8, 4) is 0 Å². The van der Waals surface area contributed by atoms with Crippen LogP contribution in [0.15, 0.2) is 91.0 Å². The maximum Gasteiger partial charge on any atom is 0.414 e. The van der Waals surface area contributed by atoms with Crippen LogP contribution < -0.4 is 20.6 Å². The predicted octanol–water partition coefficient (Wildman–Crippen LogP) is 5.37. The van der Waals surface area contributed by atoms with Crippen molar-refractivity contribution in [2.75, 3.05) is 24.6 Å². The normalized spacial score (nSPS) is 23.3. The molecule has 1 aliphatic heterocycles. The van der Waals surface area contributed by atoms with Gasteiger partial charge in [-0.05, 0) is 62.9 Å². The topological polar surface area (TPSA) is 67.9 Å². The van der Waals surface area contributed by atoms with Crippen LogP contribution in [0.1, 0.15) is 39.7 Å². The summed E-state index contributed by atoms with van der Waals surface area (Å²) in [5.41, 5.74) is 3.40. The van der Waals surface area contributed by atoms with Gasteiger partial charge in [0.25, 0.3) is 8.32 Å². The van der Waals surface area contributed by atoms with Gasteiger partial charge in [0, 0.05) is 19.2 Å². The molecule has 0 radical (unpaired) electrons. The fourth-order valence-corrected chi connectivity index (χ4v) is 11.5. The Kier molecular flexibility index (Phi) is 7.58. The maximum absolute atomic E-state index is 12.4. The third-order valence-corrected chi connectivity index (χ3v) is 14.2. The van der Waals surface area contributed by atoms with E-state index >= 15 is 0 Å². The van der Waals surface area contributed by atoms with Crippen molar-refractivity contribution in [1.82, 2.24) is 5.32 Å². The minimum Gasteiger partial charge on any atom is -0.442 e. The van der Waals surface area contributed by atoms with Crippen LogP contribution in [0.2, 0.25) is 5.04 Å². The summed E-state index contributed by atoms with van der Waals surface area (Å²) < 4.78 is 12.6. The summed E-state index contributed by atoms with van der Waals surface area (Å²) in [6.07, 6.45) is 2.80. The largest absolute Gasteiger partial charge is 0.442 e. The summed E-state index contributed by atoms with van der Waals surface area (Å²) in [6.45, 7) is 9.99. The zero-order chi connectivity index (χ0) is 29.5. The van der Waals surface area contributed by atoms with Gasteiger partial charge in [-0.3, -0.25) is 9.69 Å². The number of nitrogens with one attached hydrogen (secondary N) is 1. The van der Waals surface area contributed by atoms with Gasteiger partial charge >= 0.3 is 6.09 Å². The Labute approximate surface area is 249 Å². The maximum atomic E-state index is 12.4. The van der Waals surface area contributed by atoms with E-state index in [-0.39, 0.29) is 23.1 Å². The Hall–Kier alpha value is -3.68. The minimum atomic E-state index is -2.53. The van der Waals surface area contributed by atoms with Crippen molar-refractivity contribution < 1.29 is 18.8 Å². The third-order valence-electron chi connectivity index (χ3n) is 9.16. The number of ether oxygens (including phenoxy) is 1. The van der Waals surface area contributed by atoms with E-state index < -0.39 is 8.32 Å². The van der Waals surface area contributed by atoms with E-state index in [1.165, 1.54) is 28.4 Å². The average Bonchev–Trinajstić information content (AvgIpc) is 3.27. The lowest BCUT2D eigenvalue weighted by atomic mass is 10.0. The van der Waals surface area contributed by atoms with Crippen molar-refractivity contribution in [2.45, 2.75) is 45.3 Å². The standard InChI is InChI=1S/C35H40N2O4Si/c1-24(38)36-21-28-22-37(34(39)41-28)27-17-15-25(16-18-27)26-19-31-32(20-26)33(31)23-40-42(35(2,3)4,29-11-7-5-8-12-29)30-13-9-6-10-14-30/h5-19,28,31-33H,20-23H2,1-4H3,(H,36,38)/t28-,31+,32-,33-/m0/s1. The van der Waals surface area contributed by atoms with E-state index in [2.05, 4.69) is 105 Å². The van der Waals surface area contributed by atoms with Gasteiger partial charge in [0.15, 0.2) is 0 Å². The molecule has 0 bridgehead atoms. The van der Waals surface area contributed by atoms with Gasteiger partial charge in [0.05, 0.1) is 13.1 Å². The summed E-state index contributed by atoms with van der Waals surface area (Å²) >= 11 is 0. The predicted molar refractivity (Wildman–Crippen MR) is 169 cm³/mol. The molecule has 7 heteroatoms. The summed E-state index contributed by atoms with van der Waals surface area (Å²) in [6, 6.07) is 29.9. The smallest absolute Gasteiger partial charge is 0.414 e. The lowest BCUT2D eigenvalue weighted by molar-refractivity contribution is -0.119. The fourth-order valence-electron chi connectivity index (χ4n) is 6.95. The van der Waals surface area contributed by atoms with Crippen LogP contribution in [0.4, 0.5) is 10.5 Å². The number of nitrogens with zero attached hydrogens (tertiary/aromatic N) is 1. The summed E-state index contributed by atoms with van der Waals surface area (Å²) in [7, 11) is -2.53. The monoisotopic (exact) mass is 580 g/mol. The molecular weight excluding hydrogens is 540 g/mol. The molecule has 3 aromatic rings. The Bertz CT molecular complexity index is 1430. The Morgan fingerprint density at radius 3 is 2.12 bits per heavy atom. The first-order valence-corrected chi connectivity index (χ1v) is 16.9. The van der Waals surface area contributed by atoms with E-state index in [0.717, 1.165) is 18.7 Å². The molecule has 0 spiro atoms. The second-order valence-electron chi connectivity index (χ2n) is 12.9. The number of carbonyl (C=O) groups is 2. The molecule has 0 unspecified atom stereocenters. The van der Waals surface area contributed by atoms with Crippen LogP contribution in [0.5, 0.6) is 0 Å². The zero-order valence-electron chi connectivity index (χ0n) is 24.9. The number of hydrogen-bond donors (Lipinski definition) is 1. The van der Waals surface area contributed by atoms with Crippen molar-refractivity contribution in [2.24, 2.45) is 17.8 Å². The number of amides is 2. The summed E-state index contributed by atoms with van der Waals surface area (Å²) in [4.78, 5) is 25.2. The molecule has 6 nitrogen and oxygen atoms in total. The molecule has 1 N–H and O–H groups in total. The van der Waals surface area contributed by atoms with Crippen molar-refractivity contribution in [3.63, 3.8) is 0 Å². The Morgan fingerprint density at radius 1 is 0.976 bits per heavy atom. The number of cyclic esters (lactones) is 1. The van der Waals surface area contributed by atoms with Gasteiger partial charge in [-0.15, -0.1) is 0 Å². The SMILES string of the molecule is CC(=O)NC[C@H]1CN(c2ccc(C3=C[C@H]4[C@H](CO[Si](c5ccccc5)(c5ccccc5)C(C)(C)C)[C@H]4C3)cc2)C(=O)O1. The molecule has 1 saturated heterocycles. The van der Waals surface area contributed by atoms with Gasteiger partial charge in [-0.25, -0.2) is 4.79 Å². The molecular formula is C35H40N2O4Si. The Balaban J connectivity index is 1.13. The molecule has 2 fully saturated rings. The molecule has 3 aliphatic rings. The molecule has 218 valence electrons. The lowest BCUT2D eigenvalue weighted by Gasteiger charge is -2.43. The van der Waals surface area contributed by atoms with E-state index in [0.29, 0.717) is 30.8 Å². The molecule has 2 amide bonds. The molecule has 1 saturated carbocycles. The van der Waals surface area contributed by atoms with Gasteiger partial charge < -0.3 is 14.5 Å². The first-order chi connectivity index (χ1) is 20.2. The van der Waals surface area contributed by atoms with Crippen LogP contribution in [-0.2, 0) is 14.0 Å². The average molecular weight is 581 g/mol. The summed E-state index contributed by atoms with van der Waals surface area (Å²) in [5.74, 6) is 1.60. The molecule has 0 aromatic heterocycles. The second-order valence-corrected chi connectivity index (χ2v) is 17.2. The highest BCUT2D eigenvalue weighted by Gasteiger charge is 2.56. The van der Waals surface area contributed by atoms with Crippen LogP contribution >= 0.6 is 0 Å². The minimum absolute atomic E-state index is 0.0197. The van der Waals surface area contributed by atoms with Crippen molar-refractivity contribution in [3.05, 3.63) is 96.6 Å². The van der Waals surface area contributed by atoms with Crippen LogP contribution in [0, 0.1) is 17.8 Å². The number of fused-ring (bicyclic) bond motifs is 1. The quantitative estimate of drug-likeness (QED) is 0.346. The first kappa shape index (κ1) is 28.4. The van der Waals surface area contributed by atoms with E-state index in [1.807, 2.05) is 12.1 Å². The van der Waals surface area contributed by atoms with Crippen molar-refractivity contribution in [1.29, 1.82) is 0 Å². The van der Waals surface area contributed by atoms with Crippen LogP contribution in [-0.4, -0.2) is 46.1 Å². The third kappa shape index (κ3) is 5.32. The molecule has 3 aromatic carbocycles. The lowest BCUT2D eigenvalue weighted by Crippen LogP contribution is -2.66. The number of allylic oxidation sites excluding steroid dienone is 2. The molecule has 2 aliphatic carbocycles. The van der Waals surface area contributed by atoms with E-state index in [1.54, 1.807) is 4.90 Å². The first-order valence-electron chi connectivity index (χ1n) is 15.0. The molecule has 6 rings (SSSR count). The van der Waals surface area contributed by atoms with Crippen molar-refractivity contribution >= 4 is 42.0 Å². The number of hydrogen-bond acceptors (Lipinski definition) is 4. The van der Waals surface area contributed by atoms with Gasteiger partial charge in [0.2, 0.25) is 5.91 Å². The number of anilines is 1. The Morgan fingerprint density at radius 2 is 1.60 bits per heavy atom. The second kappa shape index (κ2) is 11.2. The summed E-state index contributed by atoms with van der Waals surface area (Å²) in [5, 5.41) is 5.36. The van der Waals surface area contributed by atoms with Crippen LogP contribution in [0.25, 0.3) is 5.57 Å². The van der Waals surface area contributed by atoms with E-state index in [4.69, 9.17) is 9.16 Å². The number of carbonyl (C=O) groups excluding carboxylic acids is 2. The van der Waals surface area contributed by atoms with Gasteiger partial charge in [0.1, 0.15) is 6.10 Å². The highest BCUT2D eigenvalue weighted by molar-refractivity contribution is 6.99. The fraction of sp³-hybridized carbons (Fsp3) is 0.371. The van der Waals surface area contributed by atoms with Gasteiger partial charge in [-0.1, -0.05) is 99.6 Å². The van der Waals surface area contributed by atoms with E-state index in [9.17, 15) is 9.59 Å². The van der Waals surface area contributed by atoms with Gasteiger partial charge in [-0.2, -0.15) is 0 Å². The molecule has 1 heterocycles. The zero-order valence-corrected chi connectivity index (χ0v) is 25.9. The number of benzene rings is 3. The number of rotatable bonds is 9.